The van der Waals surface area contributed by atoms with Crippen LogP contribution >= 0.6 is 11.3 Å². The second-order valence-electron chi connectivity index (χ2n) is 8.72. The van der Waals surface area contributed by atoms with Crippen LogP contribution in [0.2, 0.25) is 0 Å². The molecule has 1 aromatic heterocycles. The summed E-state index contributed by atoms with van der Waals surface area (Å²) in [6.45, 7) is 8.27. The van der Waals surface area contributed by atoms with Gasteiger partial charge in [0.2, 0.25) is 5.91 Å². The lowest BCUT2D eigenvalue weighted by Crippen LogP contribution is -2.47. The summed E-state index contributed by atoms with van der Waals surface area (Å²) in [5.74, 6) is -0.676. The number of nitrogens with one attached hydrogen (secondary N) is 1. The minimum absolute atomic E-state index is 0.114. The predicted octanol–water partition coefficient (Wildman–Crippen LogP) is 5.46. The van der Waals surface area contributed by atoms with Crippen LogP contribution in [-0.2, 0) is 4.79 Å². The monoisotopic (exact) mass is 449 g/mol. The first-order valence-corrected chi connectivity index (χ1v) is 11.8. The number of hydrogen-bond donors (Lipinski definition) is 1. The van der Waals surface area contributed by atoms with Crippen LogP contribution in [0.4, 0.5) is 5.13 Å². The molecule has 0 saturated heterocycles. The van der Waals surface area contributed by atoms with Crippen LogP contribution in [0, 0.1) is 5.92 Å². The lowest BCUT2D eigenvalue weighted by molar-refractivity contribution is -0.120. The molecule has 2 aromatic carbocycles. The fourth-order valence-electron chi connectivity index (χ4n) is 3.99. The van der Waals surface area contributed by atoms with Crippen molar-refractivity contribution in [2.24, 2.45) is 5.92 Å². The lowest BCUT2D eigenvalue weighted by Gasteiger charge is -2.26. The van der Waals surface area contributed by atoms with Crippen molar-refractivity contribution in [2.75, 3.05) is 5.32 Å². The van der Waals surface area contributed by atoms with Gasteiger partial charge in [0.15, 0.2) is 5.13 Å². The maximum absolute atomic E-state index is 13.3. The molecule has 7 heteroatoms. The van der Waals surface area contributed by atoms with E-state index in [9.17, 15) is 14.4 Å². The van der Waals surface area contributed by atoms with E-state index in [1.54, 1.807) is 24.3 Å². The van der Waals surface area contributed by atoms with Gasteiger partial charge in [-0.1, -0.05) is 57.2 Å². The van der Waals surface area contributed by atoms with E-state index in [0.29, 0.717) is 28.6 Å². The fourth-order valence-corrected chi connectivity index (χ4v) is 4.91. The summed E-state index contributed by atoms with van der Waals surface area (Å²) >= 11 is 1.40. The summed E-state index contributed by atoms with van der Waals surface area (Å²) in [7, 11) is 0. The van der Waals surface area contributed by atoms with Crippen LogP contribution in [-0.4, -0.2) is 33.6 Å². The first kappa shape index (κ1) is 22.1. The molecule has 2 atom stereocenters. The summed E-state index contributed by atoms with van der Waals surface area (Å²) in [5.41, 5.74) is 2.75. The topological polar surface area (TPSA) is 79.4 Å². The van der Waals surface area contributed by atoms with Gasteiger partial charge in [0.1, 0.15) is 6.04 Å². The van der Waals surface area contributed by atoms with E-state index in [-0.39, 0.29) is 5.92 Å². The summed E-state index contributed by atoms with van der Waals surface area (Å²) in [6, 6.07) is 12.0. The van der Waals surface area contributed by atoms with Gasteiger partial charge in [0.25, 0.3) is 11.8 Å². The van der Waals surface area contributed by atoms with Crippen LogP contribution in [0.5, 0.6) is 0 Å². The smallest absolute Gasteiger partial charge is 0.262 e. The number of fused-ring (bicyclic) bond motifs is 2. The molecule has 0 radical (unpaired) electrons. The minimum Gasteiger partial charge on any atom is -0.300 e. The summed E-state index contributed by atoms with van der Waals surface area (Å²) in [5, 5.41) is 3.34. The Labute approximate surface area is 191 Å². The van der Waals surface area contributed by atoms with Crippen LogP contribution in [0.1, 0.15) is 72.7 Å². The summed E-state index contributed by atoms with van der Waals surface area (Å²) in [6.07, 6.45) is 1.42. The molecule has 2 unspecified atom stereocenters. The molecule has 3 amide bonds. The Morgan fingerprint density at radius 1 is 1.06 bits per heavy atom. The Balaban J connectivity index is 1.61. The van der Waals surface area contributed by atoms with Crippen molar-refractivity contribution in [2.45, 2.75) is 52.5 Å². The van der Waals surface area contributed by atoms with Crippen molar-refractivity contribution in [3.05, 3.63) is 59.2 Å². The molecule has 0 saturated carbocycles. The first-order chi connectivity index (χ1) is 15.3. The Kier molecular flexibility index (Phi) is 6.11. The molecule has 0 fully saturated rings. The number of benzene rings is 2. The van der Waals surface area contributed by atoms with Gasteiger partial charge in [-0.25, -0.2) is 4.98 Å². The standard InChI is InChI=1S/C25H27N3O3S/c1-5-15(4)16-10-11-19-21(13-16)32-25(26-19)27-22(29)20(12-14(2)3)28-23(30)17-8-6-7-9-18(17)24(28)31/h6-11,13-15,20H,5,12H2,1-4H3,(H,26,27,29). The molecule has 0 aliphatic carbocycles. The number of thiazole rings is 1. The number of amides is 3. The maximum Gasteiger partial charge on any atom is 0.262 e. The second-order valence-corrected chi connectivity index (χ2v) is 9.75. The Morgan fingerprint density at radius 2 is 1.72 bits per heavy atom. The highest BCUT2D eigenvalue weighted by atomic mass is 32.1. The molecule has 0 bridgehead atoms. The number of anilines is 1. The van der Waals surface area contributed by atoms with Crippen LogP contribution in [0.25, 0.3) is 10.2 Å². The maximum atomic E-state index is 13.3. The van der Waals surface area contributed by atoms with Crippen molar-refractivity contribution in [3.8, 4) is 0 Å². The minimum atomic E-state index is -0.898. The first-order valence-electron chi connectivity index (χ1n) is 11.0. The molecule has 1 aliphatic rings. The highest BCUT2D eigenvalue weighted by Crippen LogP contribution is 2.31. The largest absolute Gasteiger partial charge is 0.300 e. The van der Waals surface area contributed by atoms with Crippen molar-refractivity contribution < 1.29 is 14.4 Å². The quantitative estimate of drug-likeness (QED) is 0.486. The molecule has 3 aromatic rings. The Bertz CT molecular complexity index is 1170. The van der Waals surface area contributed by atoms with Crippen molar-refractivity contribution in [1.82, 2.24) is 9.88 Å². The summed E-state index contributed by atoms with van der Waals surface area (Å²) in [4.78, 5) is 44.9. The van der Waals surface area contributed by atoms with E-state index in [4.69, 9.17) is 0 Å². The zero-order valence-electron chi connectivity index (χ0n) is 18.7. The van der Waals surface area contributed by atoms with Crippen LogP contribution < -0.4 is 5.32 Å². The van der Waals surface area contributed by atoms with E-state index in [0.717, 1.165) is 21.5 Å². The molecule has 1 N–H and O–H groups in total. The number of hydrogen-bond acceptors (Lipinski definition) is 5. The fraction of sp³-hybridized carbons (Fsp3) is 0.360. The van der Waals surface area contributed by atoms with Crippen LogP contribution in [0.15, 0.2) is 42.5 Å². The van der Waals surface area contributed by atoms with E-state index < -0.39 is 23.8 Å². The molecular weight excluding hydrogens is 422 g/mol. The van der Waals surface area contributed by atoms with E-state index in [1.807, 2.05) is 19.9 Å². The van der Waals surface area contributed by atoms with Gasteiger partial charge in [0.05, 0.1) is 21.3 Å². The highest BCUT2D eigenvalue weighted by Gasteiger charge is 2.42. The van der Waals surface area contributed by atoms with Gasteiger partial charge >= 0.3 is 0 Å². The SMILES string of the molecule is CCC(C)c1ccc2nc(NC(=O)C(CC(C)C)N3C(=O)c4ccccc4C3=O)sc2c1. The number of aromatic nitrogens is 1. The number of rotatable bonds is 7. The highest BCUT2D eigenvalue weighted by molar-refractivity contribution is 7.22. The third-order valence-electron chi connectivity index (χ3n) is 5.96. The molecule has 2 heterocycles. The van der Waals surface area contributed by atoms with Gasteiger partial charge in [-0.3, -0.25) is 19.3 Å². The number of carbonyl (C=O) groups excluding carboxylic acids is 3. The van der Waals surface area contributed by atoms with Gasteiger partial charge in [-0.05, 0) is 54.5 Å². The molecule has 6 nitrogen and oxygen atoms in total. The van der Waals surface area contributed by atoms with Crippen molar-refractivity contribution in [3.63, 3.8) is 0 Å². The van der Waals surface area contributed by atoms with Crippen LogP contribution in [0.3, 0.4) is 0 Å². The molecule has 32 heavy (non-hydrogen) atoms. The number of carbonyl (C=O) groups is 3. The average molecular weight is 450 g/mol. The van der Waals surface area contributed by atoms with Gasteiger partial charge < -0.3 is 5.32 Å². The molecule has 1 aliphatic heterocycles. The van der Waals surface area contributed by atoms with E-state index in [2.05, 4.69) is 36.3 Å². The molecule has 166 valence electrons. The van der Waals surface area contributed by atoms with Gasteiger partial charge in [-0.15, -0.1) is 0 Å². The third-order valence-corrected chi connectivity index (χ3v) is 6.89. The molecule has 0 spiro atoms. The van der Waals surface area contributed by atoms with Crippen molar-refractivity contribution >= 4 is 44.4 Å². The van der Waals surface area contributed by atoms with E-state index in [1.165, 1.54) is 16.9 Å². The zero-order valence-corrected chi connectivity index (χ0v) is 19.5. The average Bonchev–Trinajstić information content (AvgIpc) is 3.29. The molecule has 4 rings (SSSR count). The lowest BCUT2D eigenvalue weighted by atomic mass is 9.99. The Morgan fingerprint density at radius 3 is 2.31 bits per heavy atom. The molecular formula is C25H27N3O3S. The van der Waals surface area contributed by atoms with Gasteiger partial charge in [0, 0.05) is 0 Å². The Hall–Kier alpha value is -3.06. The van der Waals surface area contributed by atoms with Gasteiger partial charge in [-0.2, -0.15) is 0 Å². The van der Waals surface area contributed by atoms with Crippen molar-refractivity contribution in [1.29, 1.82) is 0 Å². The normalized spacial score (nSPS) is 15.3. The summed E-state index contributed by atoms with van der Waals surface area (Å²) < 4.78 is 0.999. The predicted molar refractivity (Wildman–Crippen MR) is 127 cm³/mol. The van der Waals surface area contributed by atoms with E-state index >= 15 is 0 Å². The zero-order chi connectivity index (χ0) is 23.0. The third kappa shape index (κ3) is 4.05. The number of nitrogens with zero attached hydrogens (tertiary/aromatic N) is 2. The number of imide groups is 1. The second kappa shape index (κ2) is 8.82.